The maximum atomic E-state index is 13.8. The van der Waals surface area contributed by atoms with E-state index in [0.29, 0.717) is 5.76 Å². The first-order valence-electron chi connectivity index (χ1n) is 9.49. The fourth-order valence-electron chi connectivity index (χ4n) is 3.69. The van der Waals surface area contributed by atoms with Crippen LogP contribution in [-0.4, -0.2) is 23.9 Å². The maximum Gasteiger partial charge on any atom is 0.300 e. The lowest BCUT2D eigenvalue weighted by molar-refractivity contribution is -0.132. The van der Waals surface area contributed by atoms with Crippen molar-refractivity contribution in [2.75, 3.05) is 12.0 Å². The molecule has 1 fully saturated rings. The zero-order valence-corrected chi connectivity index (χ0v) is 19.4. The molecule has 1 aromatic heterocycles. The minimum atomic E-state index is -1.18. The summed E-state index contributed by atoms with van der Waals surface area (Å²) in [6.07, 6.45) is 0. The van der Waals surface area contributed by atoms with Crippen molar-refractivity contribution in [3.8, 4) is 5.75 Å². The second-order valence-electron chi connectivity index (χ2n) is 7.18. The van der Waals surface area contributed by atoms with Gasteiger partial charge in [-0.2, -0.15) is 0 Å². The Hall–Kier alpha value is -3.00. The normalized spacial score (nSPS) is 17.6. The minimum Gasteiger partial charge on any atom is -0.507 e. The number of anilines is 1. The molecule has 1 atom stereocenters. The first-order valence-corrected chi connectivity index (χ1v) is 10.6. The molecular formula is C23H15Cl3FNO5. The number of Topliss-reactive ketones (excluding diaryl/α,β-unsaturated/α-hetero) is 1. The Kier molecular flexibility index (Phi) is 6.14. The number of halogens is 4. The lowest BCUT2D eigenvalue weighted by Crippen LogP contribution is -2.29. The molecule has 10 heteroatoms. The summed E-state index contributed by atoms with van der Waals surface area (Å²) < 4.78 is 24.7. The highest BCUT2D eigenvalue weighted by molar-refractivity contribution is 6.52. The Morgan fingerprint density at radius 3 is 2.42 bits per heavy atom. The molecule has 2 aromatic carbocycles. The number of rotatable bonds is 4. The number of ketones is 1. The van der Waals surface area contributed by atoms with Gasteiger partial charge in [-0.3, -0.25) is 14.5 Å². The van der Waals surface area contributed by atoms with Gasteiger partial charge in [0.2, 0.25) is 0 Å². The van der Waals surface area contributed by atoms with Crippen LogP contribution in [0.5, 0.6) is 5.75 Å². The molecule has 1 aliphatic rings. The highest BCUT2D eigenvalue weighted by atomic mass is 35.5. The summed E-state index contributed by atoms with van der Waals surface area (Å²) >= 11 is 18.2. The van der Waals surface area contributed by atoms with Crippen LogP contribution in [0.25, 0.3) is 5.76 Å². The lowest BCUT2D eigenvalue weighted by atomic mass is 9.98. The number of aliphatic hydroxyl groups excluding tert-OH is 1. The van der Waals surface area contributed by atoms with Gasteiger partial charge in [0.15, 0.2) is 0 Å². The van der Waals surface area contributed by atoms with Gasteiger partial charge in [-0.05, 0) is 49.4 Å². The van der Waals surface area contributed by atoms with E-state index in [1.807, 2.05) is 0 Å². The molecule has 1 amide bonds. The third-order valence-electron chi connectivity index (χ3n) is 5.12. The number of carbonyl (C=O) groups excluding carboxylic acids is 2. The summed E-state index contributed by atoms with van der Waals surface area (Å²) in [5.74, 6) is -2.46. The number of benzene rings is 2. The van der Waals surface area contributed by atoms with E-state index in [-0.39, 0.29) is 43.4 Å². The Labute approximate surface area is 202 Å². The Bertz CT molecular complexity index is 1330. The fourth-order valence-corrected chi connectivity index (χ4v) is 4.44. The predicted molar refractivity (Wildman–Crippen MR) is 123 cm³/mol. The third-order valence-corrected chi connectivity index (χ3v) is 5.91. The summed E-state index contributed by atoms with van der Waals surface area (Å²) in [4.78, 5) is 27.3. The van der Waals surface area contributed by atoms with Crippen molar-refractivity contribution in [3.05, 3.63) is 86.0 Å². The van der Waals surface area contributed by atoms with Crippen molar-refractivity contribution in [1.82, 2.24) is 0 Å². The van der Waals surface area contributed by atoms with Crippen LogP contribution in [0.4, 0.5) is 10.1 Å². The first-order chi connectivity index (χ1) is 15.6. The Morgan fingerprint density at radius 2 is 1.82 bits per heavy atom. The van der Waals surface area contributed by atoms with Gasteiger partial charge in [0.1, 0.15) is 34.9 Å². The molecule has 1 N–H and O–H groups in total. The number of hydrogen-bond acceptors (Lipinski definition) is 5. The largest absolute Gasteiger partial charge is 0.507 e. The Morgan fingerprint density at radius 1 is 1.09 bits per heavy atom. The molecule has 0 bridgehead atoms. The molecule has 1 saturated heterocycles. The molecule has 0 saturated carbocycles. The zero-order chi connectivity index (χ0) is 24.0. The molecule has 1 aliphatic heterocycles. The fraction of sp³-hybridized carbons (Fsp3) is 0.130. The number of nitrogens with zero attached hydrogens (tertiary/aromatic N) is 1. The van der Waals surface area contributed by atoms with Crippen molar-refractivity contribution >= 4 is 57.9 Å². The maximum absolute atomic E-state index is 13.8. The van der Waals surface area contributed by atoms with E-state index in [9.17, 15) is 19.1 Å². The molecule has 0 aliphatic carbocycles. The Balaban J connectivity index is 2.00. The number of ether oxygens (including phenoxy) is 1. The van der Waals surface area contributed by atoms with E-state index in [1.165, 1.54) is 31.4 Å². The number of aryl methyl sites for hydroxylation is 1. The van der Waals surface area contributed by atoms with Crippen LogP contribution in [-0.2, 0) is 9.59 Å². The lowest BCUT2D eigenvalue weighted by Gasteiger charge is -2.24. The number of furan rings is 1. The smallest absolute Gasteiger partial charge is 0.300 e. The predicted octanol–water partition coefficient (Wildman–Crippen LogP) is 6.32. The van der Waals surface area contributed by atoms with Crippen molar-refractivity contribution in [3.63, 3.8) is 0 Å². The molecule has 3 aromatic rings. The van der Waals surface area contributed by atoms with Crippen molar-refractivity contribution in [2.24, 2.45) is 0 Å². The van der Waals surface area contributed by atoms with Crippen LogP contribution in [0.3, 0.4) is 0 Å². The van der Waals surface area contributed by atoms with Crippen molar-refractivity contribution < 1.29 is 28.2 Å². The second kappa shape index (κ2) is 8.74. The number of amides is 1. The first kappa shape index (κ1) is 23.2. The van der Waals surface area contributed by atoms with Gasteiger partial charge in [-0.15, -0.1) is 0 Å². The van der Waals surface area contributed by atoms with E-state index in [1.54, 1.807) is 19.1 Å². The second-order valence-corrected chi connectivity index (χ2v) is 8.44. The van der Waals surface area contributed by atoms with Gasteiger partial charge in [0.05, 0.1) is 28.3 Å². The van der Waals surface area contributed by atoms with Gasteiger partial charge in [-0.25, -0.2) is 4.39 Å². The number of hydrogen-bond donors (Lipinski definition) is 1. The van der Waals surface area contributed by atoms with Crippen LogP contribution < -0.4 is 9.64 Å². The molecule has 1 unspecified atom stereocenters. The third kappa shape index (κ3) is 3.97. The highest BCUT2D eigenvalue weighted by Gasteiger charge is 2.48. The summed E-state index contributed by atoms with van der Waals surface area (Å²) in [7, 11) is 1.33. The summed E-state index contributed by atoms with van der Waals surface area (Å²) in [6.45, 7) is 1.68. The number of aliphatic hydroxyl groups is 1. The quantitative estimate of drug-likeness (QED) is 0.252. The van der Waals surface area contributed by atoms with Gasteiger partial charge in [0.25, 0.3) is 11.7 Å². The van der Waals surface area contributed by atoms with E-state index >= 15 is 0 Å². The molecular weight excluding hydrogens is 496 g/mol. The topological polar surface area (TPSA) is 80.0 Å². The van der Waals surface area contributed by atoms with Gasteiger partial charge in [0, 0.05) is 10.7 Å². The SMILES string of the molecule is COc1c(Cl)cc(Cl)cc1/C(O)=C1\C(=O)C(=O)N(c2ccc(F)c(Cl)c2)C1c1ccc(C)o1. The molecule has 6 nitrogen and oxygen atoms in total. The monoisotopic (exact) mass is 509 g/mol. The average Bonchev–Trinajstić information content (AvgIpc) is 3.30. The van der Waals surface area contributed by atoms with E-state index in [4.69, 9.17) is 44.0 Å². The van der Waals surface area contributed by atoms with Crippen LogP contribution in [0, 0.1) is 12.7 Å². The van der Waals surface area contributed by atoms with Crippen LogP contribution in [0.15, 0.2) is 52.5 Å². The standard InChI is InChI=1S/C23H15Cl3FNO5/c1-10-3-6-17(33-10)19-18(20(29)13-7-11(24)8-15(26)22(13)32-2)21(30)23(31)28(19)12-4-5-16(27)14(25)9-12/h3-9,19,29H,1-2H3/b20-18+. The van der Waals surface area contributed by atoms with Crippen molar-refractivity contribution in [1.29, 1.82) is 0 Å². The molecule has 0 radical (unpaired) electrons. The van der Waals surface area contributed by atoms with E-state index in [2.05, 4.69) is 0 Å². The van der Waals surface area contributed by atoms with Gasteiger partial charge >= 0.3 is 0 Å². The molecule has 4 rings (SSSR count). The molecule has 0 spiro atoms. The van der Waals surface area contributed by atoms with Crippen LogP contribution in [0.2, 0.25) is 15.1 Å². The molecule has 33 heavy (non-hydrogen) atoms. The van der Waals surface area contributed by atoms with Gasteiger partial charge < -0.3 is 14.3 Å². The van der Waals surface area contributed by atoms with Crippen LogP contribution >= 0.6 is 34.8 Å². The molecule has 170 valence electrons. The zero-order valence-electron chi connectivity index (χ0n) is 17.2. The number of carbonyl (C=O) groups is 2. The number of methoxy groups -OCH3 is 1. The minimum absolute atomic E-state index is 0.0124. The summed E-state index contributed by atoms with van der Waals surface area (Å²) in [6, 6.07) is 8.38. The molecule has 2 heterocycles. The van der Waals surface area contributed by atoms with Gasteiger partial charge in [-0.1, -0.05) is 34.8 Å². The summed E-state index contributed by atoms with van der Waals surface area (Å²) in [5.41, 5.74) is -0.137. The average molecular weight is 511 g/mol. The highest BCUT2D eigenvalue weighted by Crippen LogP contribution is 2.45. The van der Waals surface area contributed by atoms with Crippen LogP contribution in [0.1, 0.15) is 23.1 Å². The summed E-state index contributed by atoms with van der Waals surface area (Å²) in [5, 5.41) is 11.3. The van der Waals surface area contributed by atoms with E-state index < -0.39 is 29.3 Å². The van der Waals surface area contributed by atoms with E-state index in [0.717, 1.165) is 11.0 Å². The van der Waals surface area contributed by atoms with Crippen molar-refractivity contribution in [2.45, 2.75) is 13.0 Å².